The molecular weight excluding hydrogens is 322 g/mol. The molecule has 0 aliphatic carbocycles. The number of benzene rings is 1. The van der Waals surface area contributed by atoms with Crippen LogP contribution in [-0.2, 0) is 14.8 Å². The third-order valence-electron chi connectivity index (χ3n) is 2.81. The van der Waals surface area contributed by atoms with Gasteiger partial charge in [0.25, 0.3) is 0 Å². The van der Waals surface area contributed by atoms with E-state index >= 15 is 0 Å². The minimum absolute atomic E-state index is 0.213. The second-order valence-corrected chi connectivity index (χ2v) is 6.67. The van der Waals surface area contributed by atoms with E-state index in [0.29, 0.717) is 11.1 Å². The quantitative estimate of drug-likeness (QED) is 0.888. The predicted octanol–water partition coefficient (Wildman–Crippen LogP) is 0.831. The predicted molar refractivity (Wildman–Crippen MR) is 69.7 cm³/mol. The van der Waals surface area contributed by atoms with Crippen LogP contribution in [0.2, 0.25) is 0 Å². The summed E-state index contributed by atoms with van der Waals surface area (Å²) in [6, 6.07) is 6.14. The molecule has 1 N–H and O–H groups in total. The Labute approximate surface area is 115 Å². The van der Waals surface area contributed by atoms with E-state index in [1.807, 2.05) is 0 Å². The number of sulfonamides is 1. The zero-order valence-electron chi connectivity index (χ0n) is 9.62. The number of morpholine rings is 1. The van der Waals surface area contributed by atoms with E-state index in [4.69, 9.17) is 4.74 Å². The van der Waals surface area contributed by atoms with Crippen molar-refractivity contribution >= 4 is 26.0 Å². The van der Waals surface area contributed by atoms with Gasteiger partial charge in [-0.1, -0.05) is 12.1 Å². The van der Waals surface area contributed by atoms with Crippen molar-refractivity contribution in [3.05, 3.63) is 28.7 Å². The molecule has 5 nitrogen and oxygen atoms in total. The van der Waals surface area contributed by atoms with Crippen LogP contribution >= 0.6 is 15.9 Å². The minimum Gasteiger partial charge on any atom is -0.395 e. The summed E-state index contributed by atoms with van der Waals surface area (Å²) in [5, 5.41) is 9.24. The van der Waals surface area contributed by atoms with Crippen LogP contribution in [0.1, 0.15) is 0 Å². The molecule has 0 spiro atoms. The molecule has 7 heteroatoms. The van der Waals surface area contributed by atoms with E-state index in [0.717, 1.165) is 0 Å². The lowest BCUT2D eigenvalue weighted by atomic mass is 10.3. The smallest absolute Gasteiger partial charge is 0.244 e. The first-order valence-corrected chi connectivity index (χ1v) is 7.75. The highest BCUT2D eigenvalue weighted by Crippen LogP contribution is 2.26. The molecule has 1 aliphatic rings. The van der Waals surface area contributed by atoms with Crippen LogP contribution in [-0.4, -0.2) is 50.2 Å². The summed E-state index contributed by atoms with van der Waals surface area (Å²) >= 11 is 3.24. The molecule has 1 heterocycles. The highest BCUT2D eigenvalue weighted by molar-refractivity contribution is 9.10. The van der Waals surface area contributed by atoms with E-state index < -0.39 is 16.1 Å². The van der Waals surface area contributed by atoms with Crippen molar-refractivity contribution in [3.63, 3.8) is 0 Å². The zero-order valence-corrected chi connectivity index (χ0v) is 12.0. The number of halogens is 1. The first kappa shape index (κ1) is 14.0. The van der Waals surface area contributed by atoms with Crippen molar-refractivity contribution in [2.75, 3.05) is 26.4 Å². The first-order valence-electron chi connectivity index (χ1n) is 5.52. The molecule has 1 unspecified atom stereocenters. The molecule has 1 aliphatic heterocycles. The maximum absolute atomic E-state index is 12.5. The molecular formula is C11H14BrNO4S. The maximum atomic E-state index is 12.5. The summed E-state index contributed by atoms with van der Waals surface area (Å²) in [6.45, 7) is 0.582. The van der Waals surface area contributed by atoms with Gasteiger partial charge in [-0.3, -0.25) is 0 Å². The van der Waals surface area contributed by atoms with Crippen molar-refractivity contribution < 1.29 is 18.3 Å². The van der Waals surface area contributed by atoms with Crippen molar-refractivity contribution in [3.8, 4) is 0 Å². The lowest BCUT2D eigenvalue weighted by Crippen LogP contribution is -2.50. The van der Waals surface area contributed by atoms with Gasteiger partial charge in [-0.05, 0) is 28.1 Å². The first-order chi connectivity index (χ1) is 8.57. The molecule has 1 saturated heterocycles. The van der Waals surface area contributed by atoms with E-state index in [2.05, 4.69) is 15.9 Å². The van der Waals surface area contributed by atoms with Gasteiger partial charge >= 0.3 is 0 Å². The fraction of sp³-hybridized carbons (Fsp3) is 0.455. The molecule has 2 rings (SSSR count). The van der Waals surface area contributed by atoms with E-state index in [1.54, 1.807) is 24.3 Å². The number of hydrogen-bond acceptors (Lipinski definition) is 4. The summed E-state index contributed by atoms with van der Waals surface area (Å²) in [5.74, 6) is 0. The van der Waals surface area contributed by atoms with E-state index in [-0.39, 0.29) is 24.7 Å². The highest BCUT2D eigenvalue weighted by Gasteiger charge is 2.34. The van der Waals surface area contributed by atoms with Crippen LogP contribution in [0.5, 0.6) is 0 Å². The topological polar surface area (TPSA) is 66.8 Å². The number of aliphatic hydroxyl groups excluding tert-OH is 1. The van der Waals surface area contributed by atoms with Crippen molar-refractivity contribution in [2.24, 2.45) is 0 Å². The maximum Gasteiger partial charge on any atom is 0.244 e. The standard InChI is InChI=1S/C11H14BrNO4S/c12-10-3-1-2-4-11(10)18(15,16)13-5-6-17-8-9(13)7-14/h1-4,9,14H,5-8H2. The molecule has 0 amide bonds. The molecule has 1 fully saturated rings. The summed E-state index contributed by atoms with van der Waals surface area (Å²) in [6.07, 6.45) is 0. The lowest BCUT2D eigenvalue weighted by molar-refractivity contribution is 0.0109. The van der Waals surface area contributed by atoms with Crippen LogP contribution < -0.4 is 0 Å². The Hall–Kier alpha value is -0.470. The summed E-state index contributed by atoms with van der Waals surface area (Å²) < 4.78 is 32.0. The third kappa shape index (κ3) is 2.60. The summed E-state index contributed by atoms with van der Waals surface area (Å²) in [7, 11) is -3.61. The second kappa shape index (κ2) is 5.66. The second-order valence-electron chi connectivity index (χ2n) is 3.96. The molecule has 1 aromatic carbocycles. The summed E-state index contributed by atoms with van der Waals surface area (Å²) in [4.78, 5) is 0.213. The van der Waals surface area contributed by atoms with E-state index in [1.165, 1.54) is 4.31 Å². The Kier molecular flexibility index (Phi) is 4.39. The van der Waals surface area contributed by atoms with Crippen LogP contribution in [0.3, 0.4) is 0 Å². The van der Waals surface area contributed by atoms with Gasteiger partial charge in [0.1, 0.15) is 0 Å². The molecule has 0 saturated carbocycles. The number of aliphatic hydroxyl groups is 1. The van der Waals surface area contributed by atoms with Gasteiger partial charge in [-0.2, -0.15) is 4.31 Å². The monoisotopic (exact) mass is 335 g/mol. The molecule has 18 heavy (non-hydrogen) atoms. The van der Waals surface area contributed by atoms with Gasteiger partial charge in [0, 0.05) is 11.0 Å². The van der Waals surface area contributed by atoms with Crippen LogP contribution in [0, 0.1) is 0 Å². The van der Waals surface area contributed by atoms with Crippen molar-refractivity contribution in [1.82, 2.24) is 4.31 Å². The zero-order chi connectivity index (χ0) is 13.2. The van der Waals surface area contributed by atoms with Gasteiger partial charge in [0.2, 0.25) is 10.0 Å². The summed E-state index contributed by atoms with van der Waals surface area (Å²) in [5.41, 5.74) is 0. The number of rotatable bonds is 3. The van der Waals surface area contributed by atoms with Gasteiger partial charge in [-0.25, -0.2) is 8.42 Å². The molecule has 100 valence electrons. The third-order valence-corrected chi connectivity index (χ3v) is 5.77. The average Bonchev–Trinajstić information content (AvgIpc) is 2.39. The normalized spacial score (nSPS) is 22.0. The molecule has 0 radical (unpaired) electrons. The molecule has 1 atom stereocenters. The van der Waals surface area contributed by atoms with Crippen LogP contribution in [0.4, 0.5) is 0 Å². The number of ether oxygens (including phenoxy) is 1. The van der Waals surface area contributed by atoms with E-state index in [9.17, 15) is 13.5 Å². The fourth-order valence-electron chi connectivity index (χ4n) is 1.88. The molecule has 1 aromatic rings. The van der Waals surface area contributed by atoms with Crippen LogP contribution in [0.25, 0.3) is 0 Å². The Morgan fingerprint density at radius 2 is 2.17 bits per heavy atom. The fourth-order valence-corrected chi connectivity index (χ4v) is 4.43. The SMILES string of the molecule is O=S(=O)(c1ccccc1Br)N1CCOCC1CO. The Balaban J connectivity index is 2.39. The van der Waals surface area contributed by atoms with Gasteiger partial charge < -0.3 is 9.84 Å². The molecule has 0 bridgehead atoms. The Bertz CT molecular complexity index is 520. The minimum atomic E-state index is -3.61. The Morgan fingerprint density at radius 1 is 1.44 bits per heavy atom. The Morgan fingerprint density at radius 3 is 2.83 bits per heavy atom. The van der Waals surface area contributed by atoms with Gasteiger partial charge in [-0.15, -0.1) is 0 Å². The lowest BCUT2D eigenvalue weighted by Gasteiger charge is -2.33. The number of hydrogen-bond donors (Lipinski definition) is 1. The largest absolute Gasteiger partial charge is 0.395 e. The van der Waals surface area contributed by atoms with Crippen molar-refractivity contribution in [2.45, 2.75) is 10.9 Å². The highest BCUT2D eigenvalue weighted by atomic mass is 79.9. The average molecular weight is 336 g/mol. The van der Waals surface area contributed by atoms with Gasteiger partial charge in [0.05, 0.1) is 30.8 Å². The molecule has 0 aromatic heterocycles. The number of nitrogens with zero attached hydrogens (tertiary/aromatic N) is 1. The van der Waals surface area contributed by atoms with Crippen molar-refractivity contribution in [1.29, 1.82) is 0 Å². The van der Waals surface area contributed by atoms with Gasteiger partial charge in [0.15, 0.2) is 0 Å². The van der Waals surface area contributed by atoms with Crippen LogP contribution in [0.15, 0.2) is 33.6 Å².